The fourth-order valence-corrected chi connectivity index (χ4v) is 1.97. The maximum Gasteiger partial charge on any atom is 0.255 e. The molecule has 1 heterocycles. The quantitative estimate of drug-likeness (QED) is 0.589. The van der Waals surface area contributed by atoms with Crippen molar-refractivity contribution in [2.45, 2.75) is 6.54 Å². The van der Waals surface area contributed by atoms with E-state index in [0.717, 1.165) is 0 Å². The highest BCUT2D eigenvalue weighted by Gasteiger charge is 2.13. The van der Waals surface area contributed by atoms with Gasteiger partial charge in [0, 0.05) is 22.8 Å². The molecule has 0 atom stereocenters. The van der Waals surface area contributed by atoms with Gasteiger partial charge in [-0.1, -0.05) is 18.2 Å². The predicted octanol–water partition coefficient (Wildman–Crippen LogP) is 2.20. The number of anilines is 1. The molecule has 0 fully saturated rings. The number of nitrogens with two attached hydrogens (primary N) is 1. The SMILES string of the molecule is NNc1ncc(Br)cc1C(=O)NCc1ccccc1F. The monoisotopic (exact) mass is 338 g/mol. The van der Waals surface area contributed by atoms with Crippen molar-refractivity contribution in [3.8, 4) is 0 Å². The minimum Gasteiger partial charge on any atom is -0.348 e. The highest BCUT2D eigenvalue weighted by Crippen LogP contribution is 2.17. The number of carbonyl (C=O) groups is 1. The van der Waals surface area contributed by atoms with Crippen LogP contribution in [0.2, 0.25) is 0 Å². The summed E-state index contributed by atoms with van der Waals surface area (Å²) < 4.78 is 14.1. The van der Waals surface area contributed by atoms with Crippen molar-refractivity contribution in [1.29, 1.82) is 0 Å². The second kappa shape index (κ2) is 6.44. The average molecular weight is 339 g/mol. The highest BCUT2D eigenvalue weighted by molar-refractivity contribution is 9.10. The molecular formula is C13H12BrFN4O. The van der Waals surface area contributed by atoms with Crippen LogP contribution in [0.3, 0.4) is 0 Å². The Kier molecular flexibility index (Phi) is 4.65. The Morgan fingerprint density at radius 3 is 2.85 bits per heavy atom. The number of aromatic nitrogens is 1. The molecule has 2 aromatic rings. The van der Waals surface area contributed by atoms with Crippen LogP contribution in [0.5, 0.6) is 0 Å². The lowest BCUT2D eigenvalue weighted by molar-refractivity contribution is 0.0951. The molecule has 4 N–H and O–H groups in total. The first-order valence-electron chi connectivity index (χ1n) is 5.75. The second-order valence-electron chi connectivity index (χ2n) is 3.97. The van der Waals surface area contributed by atoms with Gasteiger partial charge in [-0.3, -0.25) is 4.79 Å². The Hall–Kier alpha value is -1.99. The lowest BCUT2D eigenvalue weighted by Crippen LogP contribution is -2.25. The maximum absolute atomic E-state index is 13.4. The van der Waals surface area contributed by atoms with Gasteiger partial charge in [-0.2, -0.15) is 0 Å². The van der Waals surface area contributed by atoms with Crippen molar-refractivity contribution >= 4 is 27.7 Å². The second-order valence-corrected chi connectivity index (χ2v) is 4.88. The molecule has 7 heteroatoms. The molecule has 0 aliphatic heterocycles. The molecule has 20 heavy (non-hydrogen) atoms. The molecule has 0 unspecified atom stereocenters. The number of hydrazine groups is 1. The molecule has 1 aromatic heterocycles. The number of amides is 1. The van der Waals surface area contributed by atoms with Crippen molar-refractivity contribution in [3.63, 3.8) is 0 Å². The highest BCUT2D eigenvalue weighted by atomic mass is 79.9. The van der Waals surface area contributed by atoms with Gasteiger partial charge in [0.05, 0.1) is 5.56 Å². The van der Waals surface area contributed by atoms with Crippen molar-refractivity contribution < 1.29 is 9.18 Å². The zero-order valence-corrected chi connectivity index (χ0v) is 11.9. The molecule has 1 aromatic carbocycles. The number of pyridine rings is 1. The molecule has 104 valence electrons. The molecular weight excluding hydrogens is 327 g/mol. The van der Waals surface area contributed by atoms with Crippen LogP contribution < -0.4 is 16.6 Å². The molecule has 0 saturated heterocycles. The van der Waals surface area contributed by atoms with Crippen LogP contribution in [-0.2, 0) is 6.54 Å². The predicted molar refractivity (Wildman–Crippen MR) is 77.3 cm³/mol. The van der Waals surface area contributed by atoms with Crippen molar-refractivity contribution in [1.82, 2.24) is 10.3 Å². The Morgan fingerprint density at radius 1 is 1.40 bits per heavy atom. The summed E-state index contributed by atoms with van der Waals surface area (Å²) in [5, 5.41) is 2.62. The van der Waals surface area contributed by atoms with Crippen LogP contribution in [0.4, 0.5) is 10.2 Å². The number of nitrogens with one attached hydrogen (secondary N) is 2. The summed E-state index contributed by atoms with van der Waals surface area (Å²) in [6, 6.07) is 7.83. The minimum absolute atomic E-state index is 0.0853. The molecule has 0 spiro atoms. The summed E-state index contributed by atoms with van der Waals surface area (Å²) in [5.74, 6) is 4.79. The summed E-state index contributed by atoms with van der Waals surface area (Å²) >= 11 is 3.23. The number of rotatable bonds is 4. The first-order chi connectivity index (χ1) is 9.61. The summed E-state index contributed by atoms with van der Waals surface area (Å²) in [6.07, 6.45) is 1.52. The van der Waals surface area contributed by atoms with E-state index < -0.39 is 5.91 Å². The van der Waals surface area contributed by atoms with Crippen molar-refractivity contribution in [3.05, 3.63) is 57.9 Å². The standard InChI is InChI=1S/C13H12BrFN4O/c14-9-5-10(12(19-16)17-7-9)13(20)18-6-8-3-1-2-4-11(8)15/h1-5,7H,6,16H2,(H,17,19)(H,18,20). The summed E-state index contributed by atoms with van der Waals surface area (Å²) in [5.41, 5.74) is 3.03. The van der Waals surface area contributed by atoms with Crippen LogP contribution in [0.15, 0.2) is 41.0 Å². The molecule has 0 aliphatic carbocycles. The minimum atomic E-state index is -0.394. The number of nitrogens with zero attached hydrogens (tertiary/aromatic N) is 1. The Labute approximate surface area is 123 Å². The van der Waals surface area contributed by atoms with Crippen LogP contribution in [0.1, 0.15) is 15.9 Å². The van der Waals surface area contributed by atoms with Crippen LogP contribution >= 0.6 is 15.9 Å². The van der Waals surface area contributed by atoms with Gasteiger partial charge in [0.1, 0.15) is 5.82 Å². The van der Waals surface area contributed by atoms with Crippen molar-refractivity contribution in [2.75, 3.05) is 5.43 Å². The normalized spacial score (nSPS) is 10.2. The van der Waals surface area contributed by atoms with Crippen LogP contribution in [0.25, 0.3) is 0 Å². The zero-order valence-electron chi connectivity index (χ0n) is 10.4. The van der Waals surface area contributed by atoms with E-state index in [0.29, 0.717) is 10.0 Å². The van der Waals surface area contributed by atoms with E-state index >= 15 is 0 Å². The molecule has 5 nitrogen and oxygen atoms in total. The Bertz CT molecular complexity index is 636. The van der Waals surface area contributed by atoms with Gasteiger partial charge in [0.15, 0.2) is 5.82 Å². The molecule has 0 radical (unpaired) electrons. The molecule has 0 aliphatic rings. The van der Waals surface area contributed by atoms with Gasteiger partial charge in [-0.05, 0) is 28.1 Å². The van der Waals surface area contributed by atoms with E-state index in [1.54, 1.807) is 24.3 Å². The lowest BCUT2D eigenvalue weighted by atomic mass is 10.2. The topological polar surface area (TPSA) is 80.0 Å². The Balaban J connectivity index is 2.13. The average Bonchev–Trinajstić information content (AvgIpc) is 2.46. The number of hydrogen-bond acceptors (Lipinski definition) is 4. The van der Waals surface area contributed by atoms with E-state index in [1.165, 1.54) is 12.3 Å². The van der Waals surface area contributed by atoms with Gasteiger partial charge in [0.2, 0.25) is 0 Å². The fourth-order valence-electron chi connectivity index (χ4n) is 1.64. The number of halogens is 2. The first kappa shape index (κ1) is 14.4. The van der Waals surface area contributed by atoms with E-state index in [1.807, 2.05) is 0 Å². The molecule has 0 bridgehead atoms. The van der Waals surface area contributed by atoms with Gasteiger partial charge in [-0.15, -0.1) is 0 Å². The third-order valence-corrected chi connectivity index (χ3v) is 3.07. The number of nitrogen functional groups attached to an aromatic ring is 1. The largest absolute Gasteiger partial charge is 0.348 e. The summed E-state index contributed by atoms with van der Waals surface area (Å²) in [6.45, 7) is 0.0853. The molecule has 1 amide bonds. The third-order valence-electron chi connectivity index (χ3n) is 2.63. The molecule has 0 saturated carbocycles. The van der Waals surface area contributed by atoms with E-state index in [-0.39, 0.29) is 23.7 Å². The lowest BCUT2D eigenvalue weighted by Gasteiger charge is -2.09. The maximum atomic E-state index is 13.4. The van der Waals surface area contributed by atoms with E-state index in [2.05, 4.69) is 31.7 Å². The van der Waals surface area contributed by atoms with Crippen molar-refractivity contribution in [2.24, 2.45) is 5.84 Å². The van der Waals surface area contributed by atoms with E-state index in [9.17, 15) is 9.18 Å². The number of hydrogen-bond donors (Lipinski definition) is 3. The van der Waals surface area contributed by atoms with Crippen LogP contribution in [-0.4, -0.2) is 10.9 Å². The summed E-state index contributed by atoms with van der Waals surface area (Å²) in [4.78, 5) is 16.0. The van der Waals surface area contributed by atoms with Gasteiger partial charge in [-0.25, -0.2) is 15.2 Å². The van der Waals surface area contributed by atoms with Crippen LogP contribution in [0, 0.1) is 5.82 Å². The third kappa shape index (κ3) is 3.31. The number of carbonyl (C=O) groups excluding carboxylic acids is 1. The van der Waals surface area contributed by atoms with E-state index in [4.69, 9.17) is 5.84 Å². The fraction of sp³-hybridized carbons (Fsp3) is 0.0769. The Morgan fingerprint density at radius 2 is 2.15 bits per heavy atom. The first-order valence-corrected chi connectivity index (χ1v) is 6.55. The summed E-state index contributed by atoms with van der Waals surface area (Å²) in [7, 11) is 0. The smallest absolute Gasteiger partial charge is 0.255 e. The van der Waals surface area contributed by atoms with Gasteiger partial charge < -0.3 is 10.7 Å². The zero-order chi connectivity index (χ0) is 14.5. The van der Waals surface area contributed by atoms with Gasteiger partial charge >= 0.3 is 0 Å². The van der Waals surface area contributed by atoms with Gasteiger partial charge in [0.25, 0.3) is 5.91 Å². The number of benzene rings is 1. The molecule has 2 rings (SSSR count).